The SMILES string of the molecule is COc1cccc(NC(=O)N2C[C@@H]3C[C@](C)(O)C[C@@H]3C2)c1. The van der Waals surface area contributed by atoms with Crippen molar-refractivity contribution in [3.63, 3.8) is 0 Å². The van der Waals surface area contributed by atoms with E-state index in [0.717, 1.165) is 37.4 Å². The van der Waals surface area contributed by atoms with Gasteiger partial charge < -0.3 is 20.1 Å². The molecule has 3 atom stereocenters. The summed E-state index contributed by atoms with van der Waals surface area (Å²) in [5.74, 6) is 1.58. The fourth-order valence-electron chi connectivity index (χ4n) is 3.68. The van der Waals surface area contributed by atoms with Crippen molar-refractivity contribution in [2.24, 2.45) is 11.8 Å². The van der Waals surface area contributed by atoms with Crippen molar-refractivity contribution in [3.8, 4) is 5.75 Å². The summed E-state index contributed by atoms with van der Waals surface area (Å²) in [6.45, 7) is 3.36. The standard InChI is InChI=1S/C16H22N2O3/c1-16(20)7-11-9-18(10-12(11)8-16)15(19)17-13-4-3-5-14(6-13)21-2/h3-6,11-12,20H,7-10H2,1-2H3,(H,17,19)/t11-,12+,16-. The van der Waals surface area contributed by atoms with E-state index >= 15 is 0 Å². The van der Waals surface area contributed by atoms with Crippen molar-refractivity contribution in [2.75, 3.05) is 25.5 Å². The summed E-state index contributed by atoms with van der Waals surface area (Å²) >= 11 is 0. The molecule has 0 aromatic heterocycles. The van der Waals surface area contributed by atoms with E-state index < -0.39 is 5.60 Å². The number of benzene rings is 1. The van der Waals surface area contributed by atoms with Crippen molar-refractivity contribution in [3.05, 3.63) is 24.3 Å². The lowest BCUT2D eigenvalue weighted by Crippen LogP contribution is -2.35. The van der Waals surface area contributed by atoms with Gasteiger partial charge in [0, 0.05) is 24.8 Å². The molecule has 5 heteroatoms. The quantitative estimate of drug-likeness (QED) is 0.878. The van der Waals surface area contributed by atoms with Crippen molar-refractivity contribution >= 4 is 11.7 Å². The topological polar surface area (TPSA) is 61.8 Å². The second-order valence-electron chi connectivity index (χ2n) is 6.49. The van der Waals surface area contributed by atoms with Gasteiger partial charge in [-0.1, -0.05) is 6.07 Å². The van der Waals surface area contributed by atoms with E-state index in [2.05, 4.69) is 5.32 Å². The fraction of sp³-hybridized carbons (Fsp3) is 0.562. The van der Waals surface area contributed by atoms with E-state index in [1.54, 1.807) is 13.2 Å². The molecule has 1 saturated carbocycles. The summed E-state index contributed by atoms with van der Waals surface area (Å²) in [6.07, 6.45) is 1.58. The number of nitrogens with one attached hydrogen (secondary N) is 1. The highest BCUT2D eigenvalue weighted by Crippen LogP contribution is 2.43. The first-order valence-electron chi connectivity index (χ1n) is 7.39. The predicted molar refractivity (Wildman–Crippen MR) is 80.4 cm³/mol. The molecular weight excluding hydrogens is 268 g/mol. The Bertz CT molecular complexity index is 528. The summed E-state index contributed by atoms with van der Waals surface area (Å²) in [6, 6.07) is 7.28. The molecule has 1 aromatic rings. The molecule has 1 saturated heterocycles. The van der Waals surface area contributed by atoms with Gasteiger partial charge in [-0.3, -0.25) is 0 Å². The number of nitrogens with zero attached hydrogens (tertiary/aromatic N) is 1. The average molecular weight is 290 g/mol. The highest BCUT2D eigenvalue weighted by atomic mass is 16.5. The van der Waals surface area contributed by atoms with E-state index in [4.69, 9.17) is 4.74 Å². The molecule has 2 N–H and O–H groups in total. The third-order valence-corrected chi connectivity index (χ3v) is 4.59. The number of likely N-dealkylation sites (tertiary alicyclic amines) is 1. The molecule has 0 bridgehead atoms. The van der Waals surface area contributed by atoms with Gasteiger partial charge in [-0.05, 0) is 43.7 Å². The molecule has 1 aliphatic heterocycles. The van der Waals surface area contributed by atoms with Crippen LogP contribution in [0.2, 0.25) is 0 Å². The van der Waals surface area contributed by atoms with Crippen LogP contribution in [-0.4, -0.2) is 41.8 Å². The van der Waals surface area contributed by atoms with Crippen LogP contribution in [0.5, 0.6) is 5.75 Å². The van der Waals surface area contributed by atoms with E-state index in [1.165, 1.54) is 0 Å². The molecule has 2 fully saturated rings. The maximum absolute atomic E-state index is 12.3. The Morgan fingerprint density at radius 3 is 2.67 bits per heavy atom. The minimum absolute atomic E-state index is 0.0719. The van der Waals surface area contributed by atoms with Gasteiger partial charge in [0.15, 0.2) is 0 Å². The Hall–Kier alpha value is -1.75. The van der Waals surface area contributed by atoms with E-state index in [-0.39, 0.29) is 6.03 Å². The monoisotopic (exact) mass is 290 g/mol. The van der Waals surface area contributed by atoms with Gasteiger partial charge in [0.05, 0.1) is 12.7 Å². The zero-order valence-corrected chi connectivity index (χ0v) is 12.5. The number of anilines is 1. The first-order valence-corrected chi connectivity index (χ1v) is 7.39. The highest BCUT2D eigenvalue weighted by molar-refractivity contribution is 5.89. The molecule has 0 spiro atoms. The Balaban J connectivity index is 1.60. The molecule has 2 aliphatic rings. The lowest BCUT2D eigenvalue weighted by atomic mass is 10.0. The maximum atomic E-state index is 12.3. The number of aliphatic hydroxyl groups is 1. The third-order valence-electron chi connectivity index (χ3n) is 4.59. The van der Waals surface area contributed by atoms with E-state index in [9.17, 15) is 9.90 Å². The Labute approximate surface area is 124 Å². The molecule has 0 radical (unpaired) electrons. The van der Waals surface area contributed by atoms with Gasteiger partial charge in [0.1, 0.15) is 5.75 Å². The van der Waals surface area contributed by atoms with Crippen LogP contribution in [0.4, 0.5) is 10.5 Å². The molecule has 1 heterocycles. The summed E-state index contributed by atoms with van der Waals surface area (Å²) in [5.41, 5.74) is 0.188. The van der Waals surface area contributed by atoms with Crippen molar-refractivity contribution in [1.29, 1.82) is 0 Å². The Morgan fingerprint density at radius 2 is 2.05 bits per heavy atom. The summed E-state index contributed by atoms with van der Waals surface area (Å²) in [7, 11) is 1.61. The van der Waals surface area contributed by atoms with Crippen LogP contribution in [0.25, 0.3) is 0 Å². The Morgan fingerprint density at radius 1 is 1.38 bits per heavy atom. The van der Waals surface area contributed by atoms with Crippen molar-refractivity contribution in [2.45, 2.75) is 25.4 Å². The second kappa shape index (κ2) is 5.22. The maximum Gasteiger partial charge on any atom is 0.321 e. The van der Waals surface area contributed by atoms with Gasteiger partial charge in [-0.25, -0.2) is 4.79 Å². The molecule has 2 amide bonds. The van der Waals surface area contributed by atoms with Crippen LogP contribution in [0, 0.1) is 11.8 Å². The number of carbonyl (C=O) groups excluding carboxylic acids is 1. The molecule has 1 aliphatic carbocycles. The van der Waals surface area contributed by atoms with Crippen molar-refractivity contribution in [1.82, 2.24) is 4.90 Å². The highest BCUT2D eigenvalue weighted by Gasteiger charge is 2.46. The second-order valence-corrected chi connectivity index (χ2v) is 6.49. The summed E-state index contributed by atoms with van der Waals surface area (Å²) in [5, 5.41) is 13.0. The van der Waals surface area contributed by atoms with Crippen LogP contribution in [0.3, 0.4) is 0 Å². The minimum atomic E-state index is -0.551. The lowest BCUT2D eigenvalue weighted by Gasteiger charge is -2.22. The number of hydrogen-bond donors (Lipinski definition) is 2. The Kier molecular flexibility index (Phi) is 3.53. The smallest absolute Gasteiger partial charge is 0.321 e. The molecule has 0 unspecified atom stereocenters. The van der Waals surface area contributed by atoms with Crippen molar-refractivity contribution < 1.29 is 14.6 Å². The number of fused-ring (bicyclic) bond motifs is 1. The molecule has 5 nitrogen and oxygen atoms in total. The number of carbonyl (C=O) groups is 1. The van der Waals surface area contributed by atoms with Gasteiger partial charge in [-0.2, -0.15) is 0 Å². The van der Waals surface area contributed by atoms with Gasteiger partial charge in [0.25, 0.3) is 0 Å². The molecule has 114 valence electrons. The zero-order chi connectivity index (χ0) is 15.0. The molecule has 1 aromatic carbocycles. The van der Waals surface area contributed by atoms with E-state index in [0.29, 0.717) is 11.8 Å². The van der Waals surface area contributed by atoms with Crippen LogP contribution >= 0.6 is 0 Å². The predicted octanol–water partition coefficient (Wildman–Crippen LogP) is 2.32. The fourth-order valence-corrected chi connectivity index (χ4v) is 3.68. The number of amides is 2. The van der Waals surface area contributed by atoms with Crippen LogP contribution < -0.4 is 10.1 Å². The number of rotatable bonds is 2. The largest absolute Gasteiger partial charge is 0.497 e. The zero-order valence-electron chi connectivity index (χ0n) is 12.5. The first-order chi connectivity index (χ1) is 9.97. The molecule has 3 rings (SSSR count). The minimum Gasteiger partial charge on any atom is -0.497 e. The molecular formula is C16H22N2O3. The molecule has 21 heavy (non-hydrogen) atoms. The third kappa shape index (κ3) is 2.97. The lowest BCUT2D eigenvalue weighted by molar-refractivity contribution is 0.0559. The number of urea groups is 1. The average Bonchev–Trinajstić information content (AvgIpc) is 2.92. The number of methoxy groups -OCH3 is 1. The summed E-state index contributed by atoms with van der Waals surface area (Å²) < 4.78 is 5.15. The van der Waals surface area contributed by atoms with Gasteiger partial charge in [0.2, 0.25) is 0 Å². The van der Waals surface area contributed by atoms with E-state index in [1.807, 2.05) is 30.0 Å². The first kappa shape index (κ1) is 14.2. The van der Waals surface area contributed by atoms with Gasteiger partial charge >= 0.3 is 6.03 Å². The number of ether oxygens (including phenoxy) is 1. The normalized spacial score (nSPS) is 31.1. The van der Waals surface area contributed by atoms with Crippen LogP contribution in [0.1, 0.15) is 19.8 Å². The van der Waals surface area contributed by atoms with Crippen LogP contribution in [-0.2, 0) is 0 Å². The number of hydrogen-bond acceptors (Lipinski definition) is 3. The summed E-state index contributed by atoms with van der Waals surface area (Å²) in [4.78, 5) is 14.2. The van der Waals surface area contributed by atoms with Gasteiger partial charge in [-0.15, -0.1) is 0 Å². The van der Waals surface area contributed by atoms with Crippen LogP contribution in [0.15, 0.2) is 24.3 Å².